The molecule has 0 saturated carbocycles. The first kappa shape index (κ1) is 17.2. The fourth-order valence-electron chi connectivity index (χ4n) is 2.05. The summed E-state index contributed by atoms with van der Waals surface area (Å²) in [6.07, 6.45) is 3.85. The van der Waals surface area contributed by atoms with Gasteiger partial charge in [-0.25, -0.2) is 8.42 Å². The van der Waals surface area contributed by atoms with E-state index in [0.29, 0.717) is 0 Å². The van der Waals surface area contributed by atoms with E-state index in [4.69, 9.17) is 0 Å². The maximum Gasteiger partial charge on any atom is 0.257 e. The standard InChI is InChI=1S/C18H22N2O2S/c1-3-4-10-18(16-8-6-5-7-9-16)19-20-23(21,22)17-13-11-15(2)12-14-17/h5-14,19-20H,3-4H2,1-2H3. The zero-order valence-electron chi connectivity index (χ0n) is 13.4. The Morgan fingerprint density at radius 1 is 1.04 bits per heavy atom. The number of benzene rings is 2. The summed E-state index contributed by atoms with van der Waals surface area (Å²) in [5, 5.41) is 0. The lowest BCUT2D eigenvalue weighted by Crippen LogP contribution is -2.36. The van der Waals surface area contributed by atoms with E-state index in [2.05, 4.69) is 17.2 Å². The molecule has 5 heteroatoms. The number of hydrazine groups is 1. The van der Waals surface area contributed by atoms with Gasteiger partial charge in [-0.15, -0.1) is 4.83 Å². The molecule has 23 heavy (non-hydrogen) atoms. The van der Waals surface area contributed by atoms with Crippen LogP contribution in [0.15, 0.2) is 65.6 Å². The average molecular weight is 330 g/mol. The Hall–Kier alpha value is -2.11. The monoisotopic (exact) mass is 330 g/mol. The minimum absolute atomic E-state index is 0.235. The van der Waals surface area contributed by atoms with Gasteiger partial charge < -0.3 is 5.43 Å². The fourth-order valence-corrected chi connectivity index (χ4v) is 2.90. The summed E-state index contributed by atoms with van der Waals surface area (Å²) in [5.41, 5.74) is 5.56. The summed E-state index contributed by atoms with van der Waals surface area (Å²) in [4.78, 5) is 2.69. The van der Waals surface area contributed by atoms with E-state index in [-0.39, 0.29) is 4.90 Å². The smallest absolute Gasteiger partial charge is 0.257 e. The lowest BCUT2D eigenvalue weighted by atomic mass is 10.1. The molecule has 0 aliphatic carbocycles. The molecule has 0 aliphatic heterocycles. The number of sulfonamides is 1. The highest BCUT2D eigenvalue weighted by Crippen LogP contribution is 2.13. The summed E-state index contributed by atoms with van der Waals surface area (Å²) in [6, 6.07) is 16.4. The van der Waals surface area contributed by atoms with Gasteiger partial charge >= 0.3 is 0 Å². The maximum absolute atomic E-state index is 12.4. The van der Waals surface area contributed by atoms with Crippen LogP contribution in [0.25, 0.3) is 5.70 Å². The number of nitrogens with one attached hydrogen (secondary N) is 2. The average Bonchev–Trinajstić information content (AvgIpc) is 2.56. The van der Waals surface area contributed by atoms with Crippen molar-refractivity contribution in [1.82, 2.24) is 10.3 Å². The van der Waals surface area contributed by atoms with E-state index in [0.717, 1.165) is 29.7 Å². The van der Waals surface area contributed by atoms with E-state index < -0.39 is 10.0 Å². The first-order chi connectivity index (χ1) is 11.0. The summed E-state index contributed by atoms with van der Waals surface area (Å²) in [5.74, 6) is 0. The second-order valence-corrected chi connectivity index (χ2v) is 7.00. The Balaban J connectivity index is 2.16. The van der Waals surface area contributed by atoms with Crippen molar-refractivity contribution in [2.24, 2.45) is 0 Å². The van der Waals surface area contributed by atoms with Gasteiger partial charge in [0.25, 0.3) is 10.0 Å². The number of rotatable bonds is 7. The topological polar surface area (TPSA) is 58.2 Å². The van der Waals surface area contributed by atoms with E-state index in [1.54, 1.807) is 24.3 Å². The van der Waals surface area contributed by atoms with Gasteiger partial charge in [-0.1, -0.05) is 67.4 Å². The van der Waals surface area contributed by atoms with Crippen LogP contribution in [0.5, 0.6) is 0 Å². The zero-order chi connectivity index (χ0) is 16.7. The van der Waals surface area contributed by atoms with Gasteiger partial charge in [-0.2, -0.15) is 0 Å². The van der Waals surface area contributed by atoms with Gasteiger partial charge in [-0.3, -0.25) is 0 Å². The molecule has 0 spiro atoms. The van der Waals surface area contributed by atoms with Gasteiger partial charge in [0, 0.05) is 0 Å². The summed E-state index contributed by atoms with van der Waals surface area (Å²) < 4.78 is 24.7. The van der Waals surface area contributed by atoms with Crippen LogP contribution >= 0.6 is 0 Å². The third-order valence-electron chi connectivity index (χ3n) is 3.37. The van der Waals surface area contributed by atoms with Crippen LogP contribution in [0.2, 0.25) is 0 Å². The lowest BCUT2D eigenvalue weighted by molar-refractivity contribution is 0.576. The minimum Gasteiger partial charge on any atom is -0.308 e. The molecule has 0 aromatic heterocycles. The molecule has 0 amide bonds. The quantitative estimate of drug-likeness (QED) is 0.762. The second kappa shape index (κ2) is 7.94. The molecule has 122 valence electrons. The zero-order valence-corrected chi connectivity index (χ0v) is 14.2. The third kappa shape index (κ3) is 4.94. The predicted molar refractivity (Wildman–Crippen MR) is 94.0 cm³/mol. The van der Waals surface area contributed by atoms with Crippen LogP contribution < -0.4 is 10.3 Å². The molecular weight excluding hydrogens is 308 g/mol. The molecule has 0 bridgehead atoms. The molecule has 0 heterocycles. The molecule has 0 unspecified atom stereocenters. The normalized spacial score (nSPS) is 12.2. The Labute approximate surface area is 138 Å². The number of allylic oxidation sites excluding steroid dienone is 1. The summed E-state index contributed by atoms with van der Waals surface area (Å²) >= 11 is 0. The van der Waals surface area contributed by atoms with Gasteiger partial charge in [0.2, 0.25) is 0 Å². The highest BCUT2D eigenvalue weighted by Gasteiger charge is 2.14. The predicted octanol–water partition coefficient (Wildman–Crippen LogP) is 3.62. The molecular formula is C18H22N2O2S. The van der Waals surface area contributed by atoms with Crippen molar-refractivity contribution in [1.29, 1.82) is 0 Å². The van der Waals surface area contributed by atoms with Crippen LogP contribution in [0.4, 0.5) is 0 Å². The SMILES string of the molecule is CCCC=C(NNS(=O)(=O)c1ccc(C)cc1)c1ccccc1. The van der Waals surface area contributed by atoms with Crippen molar-refractivity contribution in [2.45, 2.75) is 31.6 Å². The molecule has 0 atom stereocenters. The largest absolute Gasteiger partial charge is 0.308 e. The number of unbranched alkanes of at least 4 members (excludes halogenated alkanes) is 1. The molecule has 2 aromatic carbocycles. The van der Waals surface area contributed by atoms with Crippen LogP contribution in [-0.2, 0) is 10.0 Å². The molecule has 0 saturated heterocycles. The molecule has 0 aliphatic rings. The lowest BCUT2D eigenvalue weighted by Gasteiger charge is -2.13. The highest BCUT2D eigenvalue weighted by molar-refractivity contribution is 7.89. The summed E-state index contributed by atoms with van der Waals surface area (Å²) in [7, 11) is -3.61. The van der Waals surface area contributed by atoms with Crippen molar-refractivity contribution >= 4 is 15.7 Å². The number of hydrogen-bond acceptors (Lipinski definition) is 3. The van der Waals surface area contributed by atoms with Crippen molar-refractivity contribution in [3.05, 3.63) is 71.8 Å². The second-order valence-electron chi connectivity index (χ2n) is 5.32. The number of aryl methyl sites for hydroxylation is 1. The summed E-state index contributed by atoms with van der Waals surface area (Å²) in [6.45, 7) is 4.00. The van der Waals surface area contributed by atoms with Crippen molar-refractivity contribution in [3.8, 4) is 0 Å². The van der Waals surface area contributed by atoms with Gasteiger partial charge in [0.15, 0.2) is 0 Å². The van der Waals surface area contributed by atoms with Gasteiger partial charge in [-0.05, 0) is 31.0 Å². The Morgan fingerprint density at radius 3 is 2.30 bits per heavy atom. The maximum atomic E-state index is 12.4. The molecule has 2 rings (SSSR count). The van der Waals surface area contributed by atoms with E-state index in [1.807, 2.05) is 43.3 Å². The molecule has 2 aromatic rings. The molecule has 2 N–H and O–H groups in total. The van der Waals surface area contributed by atoms with Crippen molar-refractivity contribution < 1.29 is 8.42 Å². The fraction of sp³-hybridized carbons (Fsp3) is 0.222. The number of hydrogen-bond donors (Lipinski definition) is 2. The minimum atomic E-state index is -3.61. The van der Waals surface area contributed by atoms with Crippen LogP contribution in [0.3, 0.4) is 0 Å². The van der Waals surface area contributed by atoms with Crippen molar-refractivity contribution in [2.75, 3.05) is 0 Å². The first-order valence-corrected chi connectivity index (χ1v) is 9.11. The highest BCUT2D eigenvalue weighted by atomic mass is 32.2. The third-order valence-corrected chi connectivity index (χ3v) is 4.64. The van der Waals surface area contributed by atoms with Crippen LogP contribution in [0.1, 0.15) is 30.9 Å². The molecule has 0 radical (unpaired) electrons. The molecule has 4 nitrogen and oxygen atoms in total. The van der Waals surface area contributed by atoms with Gasteiger partial charge in [0.1, 0.15) is 0 Å². The van der Waals surface area contributed by atoms with Crippen LogP contribution in [-0.4, -0.2) is 8.42 Å². The van der Waals surface area contributed by atoms with Crippen molar-refractivity contribution in [3.63, 3.8) is 0 Å². The first-order valence-electron chi connectivity index (χ1n) is 7.63. The Kier molecular flexibility index (Phi) is 5.96. The van der Waals surface area contributed by atoms with E-state index in [9.17, 15) is 8.42 Å². The van der Waals surface area contributed by atoms with Gasteiger partial charge in [0.05, 0.1) is 10.6 Å². The van der Waals surface area contributed by atoms with E-state index in [1.165, 1.54) is 0 Å². The Morgan fingerprint density at radius 2 is 1.70 bits per heavy atom. The van der Waals surface area contributed by atoms with Crippen LogP contribution in [0, 0.1) is 6.92 Å². The van der Waals surface area contributed by atoms with E-state index >= 15 is 0 Å². The molecule has 0 fully saturated rings. The Bertz CT molecular complexity index is 751.